The van der Waals surface area contributed by atoms with Crippen molar-refractivity contribution < 1.29 is 14.7 Å². The highest BCUT2D eigenvalue weighted by molar-refractivity contribution is 14.1. The normalized spacial score (nSPS) is 11.9. The van der Waals surface area contributed by atoms with Crippen LogP contribution in [0.4, 0.5) is 0 Å². The van der Waals surface area contributed by atoms with Crippen molar-refractivity contribution in [3.63, 3.8) is 0 Å². The predicted molar refractivity (Wildman–Crippen MR) is 85.3 cm³/mol. The number of carbonyl (C=O) groups is 2. The lowest BCUT2D eigenvalue weighted by molar-refractivity contribution is -0.142. The summed E-state index contributed by atoms with van der Waals surface area (Å²) < 4.78 is 1.18. The molecular formula is C14H19IN2O3. The number of hydrogen-bond acceptors (Lipinski definition) is 3. The lowest BCUT2D eigenvalue weighted by atomic mass is 10.1. The average Bonchev–Trinajstić information content (AvgIpc) is 2.40. The number of carboxylic acids is 1. The van der Waals surface area contributed by atoms with Crippen LogP contribution >= 0.6 is 22.6 Å². The van der Waals surface area contributed by atoms with Gasteiger partial charge in [0.1, 0.15) is 6.04 Å². The Morgan fingerprint density at radius 2 is 1.95 bits per heavy atom. The van der Waals surface area contributed by atoms with E-state index in [1.807, 2.05) is 24.3 Å². The van der Waals surface area contributed by atoms with Crippen LogP contribution in [0.15, 0.2) is 24.3 Å². The van der Waals surface area contributed by atoms with E-state index in [1.165, 1.54) is 9.13 Å². The molecule has 0 saturated carbocycles. The van der Waals surface area contributed by atoms with Gasteiger partial charge in [0.15, 0.2) is 0 Å². The van der Waals surface area contributed by atoms with Gasteiger partial charge in [-0.25, -0.2) is 4.79 Å². The number of nitrogens with two attached hydrogens (primary N) is 1. The Hall–Kier alpha value is -1.15. The molecule has 0 spiro atoms. The Kier molecular flexibility index (Phi) is 7.53. The minimum Gasteiger partial charge on any atom is -0.480 e. The first-order valence-corrected chi connectivity index (χ1v) is 7.57. The van der Waals surface area contributed by atoms with E-state index in [0.29, 0.717) is 12.8 Å². The topological polar surface area (TPSA) is 92.4 Å². The fourth-order valence-corrected chi connectivity index (χ4v) is 2.15. The summed E-state index contributed by atoms with van der Waals surface area (Å²) in [5.74, 6) is -1.28. The Morgan fingerprint density at radius 3 is 2.50 bits per heavy atom. The zero-order valence-electron chi connectivity index (χ0n) is 11.1. The van der Waals surface area contributed by atoms with Crippen molar-refractivity contribution in [2.75, 3.05) is 6.54 Å². The highest BCUT2D eigenvalue weighted by Crippen LogP contribution is 2.09. The van der Waals surface area contributed by atoms with Gasteiger partial charge in [-0.2, -0.15) is 0 Å². The van der Waals surface area contributed by atoms with E-state index in [2.05, 4.69) is 27.9 Å². The summed E-state index contributed by atoms with van der Waals surface area (Å²) in [5, 5.41) is 11.4. The third-order valence-corrected chi connectivity index (χ3v) is 3.59. The van der Waals surface area contributed by atoms with E-state index < -0.39 is 12.0 Å². The largest absolute Gasteiger partial charge is 0.480 e. The van der Waals surface area contributed by atoms with Crippen LogP contribution in [-0.4, -0.2) is 29.6 Å². The quantitative estimate of drug-likeness (QED) is 0.587. The van der Waals surface area contributed by atoms with Crippen LogP contribution in [-0.2, 0) is 16.0 Å². The predicted octanol–water partition coefficient (Wildman–Crippen LogP) is 1.53. The molecule has 0 heterocycles. The SMILES string of the molecule is NCC[C@H](NC(=O)CCCc1ccc(I)cc1)C(=O)O. The number of aryl methyl sites for hydroxylation is 1. The molecule has 0 bridgehead atoms. The number of carboxylic acid groups (broad SMARTS) is 1. The van der Waals surface area contributed by atoms with Gasteiger partial charge in [-0.1, -0.05) is 12.1 Å². The van der Waals surface area contributed by atoms with Gasteiger partial charge in [-0.05, 0) is 66.1 Å². The fourth-order valence-electron chi connectivity index (χ4n) is 1.79. The number of hydrogen-bond donors (Lipinski definition) is 3. The first-order valence-electron chi connectivity index (χ1n) is 6.49. The monoisotopic (exact) mass is 390 g/mol. The first-order chi connectivity index (χ1) is 9.52. The molecule has 0 aliphatic rings. The average molecular weight is 390 g/mol. The molecule has 0 aliphatic carbocycles. The van der Waals surface area contributed by atoms with Crippen LogP contribution in [0.1, 0.15) is 24.8 Å². The Balaban J connectivity index is 2.32. The van der Waals surface area contributed by atoms with Gasteiger partial charge >= 0.3 is 5.97 Å². The molecule has 0 aromatic heterocycles. The molecular weight excluding hydrogens is 371 g/mol. The highest BCUT2D eigenvalue weighted by atomic mass is 127. The summed E-state index contributed by atoms with van der Waals surface area (Å²) in [6.07, 6.45) is 2.07. The van der Waals surface area contributed by atoms with Crippen molar-refractivity contribution in [2.45, 2.75) is 31.7 Å². The van der Waals surface area contributed by atoms with Crippen molar-refractivity contribution in [3.8, 4) is 0 Å². The van der Waals surface area contributed by atoms with Crippen molar-refractivity contribution in [3.05, 3.63) is 33.4 Å². The first kappa shape index (κ1) is 16.9. The van der Waals surface area contributed by atoms with E-state index in [9.17, 15) is 9.59 Å². The zero-order valence-corrected chi connectivity index (χ0v) is 13.3. The Bertz CT molecular complexity index is 448. The van der Waals surface area contributed by atoms with Crippen molar-refractivity contribution >= 4 is 34.5 Å². The van der Waals surface area contributed by atoms with E-state index >= 15 is 0 Å². The number of nitrogens with one attached hydrogen (secondary N) is 1. The van der Waals surface area contributed by atoms with Gasteiger partial charge in [0.25, 0.3) is 0 Å². The Labute approximate surface area is 132 Å². The highest BCUT2D eigenvalue weighted by Gasteiger charge is 2.18. The molecule has 1 rings (SSSR count). The molecule has 1 aromatic rings. The van der Waals surface area contributed by atoms with Gasteiger partial charge in [0, 0.05) is 9.99 Å². The van der Waals surface area contributed by atoms with Crippen LogP contribution in [0.3, 0.4) is 0 Å². The lowest BCUT2D eigenvalue weighted by Crippen LogP contribution is -2.42. The van der Waals surface area contributed by atoms with Gasteiger partial charge in [-0.3, -0.25) is 4.79 Å². The minimum absolute atomic E-state index is 0.236. The van der Waals surface area contributed by atoms with Gasteiger partial charge in [-0.15, -0.1) is 0 Å². The molecule has 0 aliphatic heterocycles. The molecule has 1 amide bonds. The van der Waals surface area contributed by atoms with E-state index in [4.69, 9.17) is 10.8 Å². The third kappa shape index (κ3) is 6.33. The van der Waals surface area contributed by atoms with E-state index in [-0.39, 0.29) is 18.9 Å². The van der Waals surface area contributed by atoms with Crippen molar-refractivity contribution in [1.29, 1.82) is 0 Å². The zero-order chi connectivity index (χ0) is 15.0. The van der Waals surface area contributed by atoms with Crippen LogP contribution in [0.2, 0.25) is 0 Å². The van der Waals surface area contributed by atoms with Crippen LogP contribution in [0, 0.1) is 3.57 Å². The standard InChI is InChI=1S/C14H19IN2O3/c15-11-6-4-10(5-7-11)2-1-3-13(18)17-12(8-9-16)14(19)20/h4-7,12H,1-3,8-9,16H2,(H,17,18)(H,19,20)/t12-/m0/s1. The number of rotatable bonds is 8. The van der Waals surface area contributed by atoms with Crippen LogP contribution < -0.4 is 11.1 Å². The summed E-state index contributed by atoms with van der Waals surface area (Å²) in [4.78, 5) is 22.5. The number of aliphatic carboxylic acids is 1. The van der Waals surface area contributed by atoms with Crippen molar-refractivity contribution in [2.24, 2.45) is 5.73 Å². The van der Waals surface area contributed by atoms with Gasteiger partial charge < -0.3 is 16.2 Å². The third-order valence-electron chi connectivity index (χ3n) is 2.87. The summed E-state index contributed by atoms with van der Waals surface area (Å²) in [6, 6.07) is 7.24. The Morgan fingerprint density at radius 1 is 1.30 bits per heavy atom. The summed E-state index contributed by atoms with van der Waals surface area (Å²) >= 11 is 2.24. The van der Waals surface area contributed by atoms with E-state index in [0.717, 1.165) is 6.42 Å². The van der Waals surface area contributed by atoms with Crippen LogP contribution in [0.25, 0.3) is 0 Å². The van der Waals surface area contributed by atoms with E-state index in [1.54, 1.807) is 0 Å². The maximum absolute atomic E-state index is 11.7. The molecule has 1 aromatic carbocycles. The van der Waals surface area contributed by atoms with Gasteiger partial charge in [0.05, 0.1) is 0 Å². The van der Waals surface area contributed by atoms with Gasteiger partial charge in [0.2, 0.25) is 5.91 Å². The minimum atomic E-state index is -1.04. The molecule has 5 nitrogen and oxygen atoms in total. The molecule has 4 N–H and O–H groups in total. The number of benzene rings is 1. The number of carbonyl (C=O) groups excluding carboxylic acids is 1. The second-order valence-electron chi connectivity index (χ2n) is 4.52. The molecule has 110 valence electrons. The summed E-state index contributed by atoms with van der Waals surface area (Å²) in [5.41, 5.74) is 6.49. The summed E-state index contributed by atoms with van der Waals surface area (Å²) in [6.45, 7) is 0.236. The number of halogens is 1. The molecule has 6 heteroatoms. The molecule has 20 heavy (non-hydrogen) atoms. The second-order valence-corrected chi connectivity index (χ2v) is 5.76. The van der Waals surface area contributed by atoms with Crippen LogP contribution in [0.5, 0.6) is 0 Å². The number of amides is 1. The molecule has 0 saturated heterocycles. The molecule has 0 radical (unpaired) electrons. The molecule has 0 unspecified atom stereocenters. The lowest BCUT2D eigenvalue weighted by Gasteiger charge is -2.13. The summed E-state index contributed by atoms with van der Waals surface area (Å²) in [7, 11) is 0. The molecule has 1 atom stereocenters. The molecule has 0 fully saturated rings. The smallest absolute Gasteiger partial charge is 0.326 e. The maximum atomic E-state index is 11.7. The fraction of sp³-hybridized carbons (Fsp3) is 0.429. The van der Waals surface area contributed by atoms with Crippen molar-refractivity contribution in [1.82, 2.24) is 5.32 Å². The maximum Gasteiger partial charge on any atom is 0.326 e. The second kappa shape index (κ2) is 8.91.